The maximum Gasteiger partial charge on any atom is 0.228 e. The molecule has 4 N–H and O–H groups in total. The lowest BCUT2D eigenvalue weighted by molar-refractivity contribution is -0.116. The minimum Gasteiger partial charge on any atom is -0.330 e. The van der Waals surface area contributed by atoms with Crippen LogP contribution >= 0.6 is 0 Å². The first kappa shape index (κ1) is 20.6. The van der Waals surface area contributed by atoms with Crippen molar-refractivity contribution in [2.45, 2.75) is 38.5 Å². The molecule has 0 saturated carbocycles. The first-order chi connectivity index (χ1) is 13.1. The zero-order chi connectivity index (χ0) is 19.5. The van der Waals surface area contributed by atoms with E-state index >= 15 is 0 Å². The van der Waals surface area contributed by atoms with Gasteiger partial charge in [0, 0.05) is 12.1 Å². The fourth-order valence-corrected chi connectivity index (χ4v) is 2.68. The van der Waals surface area contributed by atoms with Crippen LogP contribution in [0.5, 0.6) is 0 Å². The van der Waals surface area contributed by atoms with Gasteiger partial charge in [0.15, 0.2) is 0 Å². The van der Waals surface area contributed by atoms with Crippen LogP contribution < -0.4 is 16.4 Å². The van der Waals surface area contributed by atoms with Gasteiger partial charge in [-0.1, -0.05) is 43.2 Å². The predicted molar refractivity (Wildman–Crippen MR) is 106 cm³/mol. The van der Waals surface area contributed by atoms with Gasteiger partial charge in [0.1, 0.15) is 5.82 Å². The molecule has 27 heavy (non-hydrogen) atoms. The number of amides is 2. The first-order valence-electron chi connectivity index (χ1n) is 9.21. The molecule has 0 bridgehead atoms. The molecule has 0 spiro atoms. The molecule has 2 amide bonds. The van der Waals surface area contributed by atoms with Crippen LogP contribution in [0, 0.1) is 5.82 Å². The molecule has 144 valence electrons. The van der Waals surface area contributed by atoms with Gasteiger partial charge < -0.3 is 16.4 Å². The van der Waals surface area contributed by atoms with Crippen LogP contribution in [0.3, 0.4) is 0 Å². The highest BCUT2D eigenvalue weighted by Crippen LogP contribution is 2.20. The average molecular weight is 371 g/mol. The molecule has 0 saturated heterocycles. The molecule has 0 fully saturated rings. The van der Waals surface area contributed by atoms with E-state index in [2.05, 4.69) is 10.6 Å². The third-order valence-electron chi connectivity index (χ3n) is 4.09. The summed E-state index contributed by atoms with van der Waals surface area (Å²) in [6.07, 6.45) is 4.27. The summed E-state index contributed by atoms with van der Waals surface area (Å²) in [5.74, 6) is -0.990. The smallest absolute Gasteiger partial charge is 0.228 e. The van der Waals surface area contributed by atoms with Crippen molar-refractivity contribution in [3.05, 3.63) is 59.9 Å². The number of nitrogens with one attached hydrogen (secondary N) is 2. The summed E-state index contributed by atoms with van der Waals surface area (Å²) in [4.78, 5) is 24.1. The van der Waals surface area contributed by atoms with Crippen molar-refractivity contribution < 1.29 is 14.0 Å². The Balaban J connectivity index is 1.87. The molecule has 6 heteroatoms. The SMILES string of the molecule is NCCCCCCC(=O)Nc1ccc(F)c(NC(=O)Cc2ccccc2)c1. The minimum absolute atomic E-state index is 0.0525. The molecule has 0 atom stereocenters. The van der Waals surface area contributed by atoms with Crippen LogP contribution in [-0.2, 0) is 16.0 Å². The summed E-state index contributed by atoms with van der Waals surface area (Å²) < 4.78 is 14.0. The highest BCUT2D eigenvalue weighted by molar-refractivity contribution is 5.95. The van der Waals surface area contributed by atoms with Crippen molar-refractivity contribution in [1.29, 1.82) is 0 Å². The Bertz CT molecular complexity index is 750. The number of unbranched alkanes of at least 4 members (excludes halogenated alkanes) is 3. The fourth-order valence-electron chi connectivity index (χ4n) is 2.68. The summed E-state index contributed by atoms with van der Waals surface area (Å²) in [6.45, 7) is 0.667. The Hall–Kier alpha value is -2.73. The van der Waals surface area contributed by atoms with Crippen molar-refractivity contribution in [2.75, 3.05) is 17.2 Å². The minimum atomic E-state index is -0.545. The number of anilines is 2. The van der Waals surface area contributed by atoms with E-state index < -0.39 is 5.82 Å². The zero-order valence-electron chi connectivity index (χ0n) is 15.3. The Morgan fingerprint density at radius 2 is 1.63 bits per heavy atom. The molecule has 0 aliphatic rings. The van der Waals surface area contributed by atoms with Gasteiger partial charge in [-0.25, -0.2) is 4.39 Å². The lowest BCUT2D eigenvalue weighted by Gasteiger charge is -2.10. The zero-order valence-corrected chi connectivity index (χ0v) is 15.3. The molecule has 0 radical (unpaired) electrons. The molecule has 2 aromatic rings. The topological polar surface area (TPSA) is 84.2 Å². The summed E-state index contributed by atoms with van der Waals surface area (Å²) in [6, 6.07) is 13.4. The third-order valence-corrected chi connectivity index (χ3v) is 4.09. The van der Waals surface area contributed by atoms with E-state index in [1.165, 1.54) is 18.2 Å². The normalized spacial score (nSPS) is 10.4. The van der Waals surface area contributed by atoms with Crippen molar-refractivity contribution in [1.82, 2.24) is 0 Å². The standard InChI is InChI=1S/C21H26FN3O2/c22-18-12-11-17(24-20(26)10-6-1-2-7-13-23)15-19(18)25-21(27)14-16-8-4-3-5-9-16/h3-5,8-9,11-12,15H,1-2,6-7,10,13-14,23H2,(H,24,26)(H,25,27). The molecule has 0 heterocycles. The molecular weight excluding hydrogens is 345 g/mol. The van der Waals surface area contributed by atoms with Gasteiger partial charge in [-0.2, -0.15) is 0 Å². The third kappa shape index (κ3) is 7.58. The van der Waals surface area contributed by atoms with Crippen LogP contribution in [0.4, 0.5) is 15.8 Å². The van der Waals surface area contributed by atoms with Gasteiger partial charge in [0.25, 0.3) is 0 Å². The number of hydrogen-bond acceptors (Lipinski definition) is 3. The maximum atomic E-state index is 14.0. The molecular formula is C21H26FN3O2. The molecule has 0 aliphatic carbocycles. The molecule has 0 unspecified atom stereocenters. The molecule has 2 rings (SSSR count). The van der Waals surface area contributed by atoms with Crippen LogP contribution in [0.25, 0.3) is 0 Å². The quantitative estimate of drug-likeness (QED) is 0.555. The number of carbonyl (C=O) groups is 2. The highest BCUT2D eigenvalue weighted by Gasteiger charge is 2.10. The van der Waals surface area contributed by atoms with Gasteiger partial charge in [-0.05, 0) is 43.1 Å². The highest BCUT2D eigenvalue weighted by atomic mass is 19.1. The summed E-state index contributed by atoms with van der Waals surface area (Å²) in [7, 11) is 0. The van der Waals surface area contributed by atoms with E-state index in [1.54, 1.807) is 0 Å². The lowest BCUT2D eigenvalue weighted by atomic mass is 10.1. The van der Waals surface area contributed by atoms with E-state index in [-0.39, 0.29) is 23.9 Å². The Morgan fingerprint density at radius 3 is 2.37 bits per heavy atom. The average Bonchev–Trinajstić information content (AvgIpc) is 2.65. The fraction of sp³-hybridized carbons (Fsp3) is 0.333. The Labute approximate surface area is 159 Å². The number of halogens is 1. The number of hydrogen-bond donors (Lipinski definition) is 3. The maximum absolute atomic E-state index is 14.0. The summed E-state index contributed by atoms with van der Waals surface area (Å²) in [5, 5.41) is 5.30. The lowest BCUT2D eigenvalue weighted by Crippen LogP contribution is -2.16. The van der Waals surface area contributed by atoms with Crippen LogP contribution in [0.15, 0.2) is 48.5 Å². The van der Waals surface area contributed by atoms with Gasteiger partial charge in [-0.15, -0.1) is 0 Å². The van der Waals surface area contributed by atoms with E-state index in [0.29, 0.717) is 18.7 Å². The predicted octanol–water partition coefficient (Wildman–Crippen LogP) is 3.85. The Kier molecular flexibility index (Phi) is 8.45. The number of rotatable bonds is 10. The van der Waals surface area contributed by atoms with Crippen LogP contribution in [0.1, 0.15) is 37.7 Å². The number of benzene rings is 2. The summed E-state index contributed by atoms with van der Waals surface area (Å²) in [5.41, 5.74) is 6.79. The van der Waals surface area contributed by atoms with Gasteiger partial charge in [0.2, 0.25) is 11.8 Å². The molecule has 0 aromatic heterocycles. The largest absolute Gasteiger partial charge is 0.330 e. The van der Waals surface area contributed by atoms with Crippen LogP contribution in [0.2, 0.25) is 0 Å². The van der Waals surface area contributed by atoms with Crippen molar-refractivity contribution in [3.63, 3.8) is 0 Å². The van der Waals surface area contributed by atoms with Gasteiger partial charge in [0.05, 0.1) is 12.1 Å². The second-order valence-corrected chi connectivity index (χ2v) is 6.41. The van der Waals surface area contributed by atoms with Gasteiger partial charge >= 0.3 is 0 Å². The van der Waals surface area contributed by atoms with E-state index in [0.717, 1.165) is 31.2 Å². The van der Waals surface area contributed by atoms with Crippen molar-refractivity contribution >= 4 is 23.2 Å². The van der Waals surface area contributed by atoms with E-state index in [4.69, 9.17) is 5.73 Å². The molecule has 5 nitrogen and oxygen atoms in total. The monoisotopic (exact) mass is 371 g/mol. The molecule has 2 aromatic carbocycles. The van der Waals surface area contributed by atoms with E-state index in [9.17, 15) is 14.0 Å². The van der Waals surface area contributed by atoms with Gasteiger partial charge in [-0.3, -0.25) is 9.59 Å². The van der Waals surface area contributed by atoms with Crippen LogP contribution in [-0.4, -0.2) is 18.4 Å². The second-order valence-electron chi connectivity index (χ2n) is 6.41. The van der Waals surface area contributed by atoms with E-state index in [1.807, 2.05) is 30.3 Å². The number of nitrogens with two attached hydrogens (primary N) is 1. The summed E-state index contributed by atoms with van der Waals surface area (Å²) >= 11 is 0. The number of carbonyl (C=O) groups excluding carboxylic acids is 2. The Morgan fingerprint density at radius 1 is 0.889 bits per heavy atom. The van der Waals surface area contributed by atoms with Crippen molar-refractivity contribution in [3.8, 4) is 0 Å². The first-order valence-corrected chi connectivity index (χ1v) is 9.21. The van der Waals surface area contributed by atoms with Crippen molar-refractivity contribution in [2.24, 2.45) is 5.73 Å². The second kappa shape index (κ2) is 11.1. The molecule has 0 aliphatic heterocycles.